The molecule has 4 rings (SSSR count). The first-order chi connectivity index (χ1) is 18.9. The minimum atomic E-state index is -3.78. The van der Waals surface area contributed by atoms with E-state index >= 15 is 0 Å². The molecule has 0 spiro atoms. The Morgan fingerprint density at radius 1 is 0.923 bits per heavy atom. The highest BCUT2D eigenvalue weighted by atomic mass is 35.5. The van der Waals surface area contributed by atoms with Crippen molar-refractivity contribution in [3.63, 3.8) is 0 Å². The van der Waals surface area contributed by atoms with Crippen molar-refractivity contribution in [2.75, 3.05) is 39.9 Å². The molecule has 13 heteroatoms. The molecule has 9 nitrogen and oxygen atoms in total. The second-order valence-electron chi connectivity index (χ2n) is 8.06. The lowest BCUT2D eigenvalue weighted by Gasteiger charge is -2.22. The Morgan fingerprint density at radius 3 is 2.18 bits per heavy atom. The molecule has 0 unspecified atom stereocenters. The molecule has 0 saturated carbocycles. The van der Waals surface area contributed by atoms with Crippen LogP contribution in [0.2, 0.25) is 0 Å². The minimum Gasteiger partial charge on any atom is -0.369 e. The number of nitriles is 1. The van der Waals surface area contributed by atoms with Crippen molar-refractivity contribution in [1.29, 1.82) is 5.26 Å². The van der Waals surface area contributed by atoms with Crippen LogP contribution in [0, 0.1) is 11.3 Å². The zero-order valence-electron chi connectivity index (χ0n) is 20.5. The number of rotatable bonds is 12. The highest BCUT2D eigenvalue weighted by Gasteiger charge is 2.14. The quantitative estimate of drug-likeness (QED) is 0.104. The first-order valence-corrected chi connectivity index (χ1v) is 15.1. The van der Waals surface area contributed by atoms with Crippen molar-refractivity contribution in [2.24, 2.45) is 10.3 Å². The third-order valence-electron chi connectivity index (χ3n) is 5.47. The number of benzene rings is 3. The van der Waals surface area contributed by atoms with E-state index in [4.69, 9.17) is 28.5 Å². The van der Waals surface area contributed by atoms with Gasteiger partial charge in [0.15, 0.2) is 0 Å². The van der Waals surface area contributed by atoms with E-state index in [0.29, 0.717) is 46.9 Å². The molecule has 1 heterocycles. The van der Waals surface area contributed by atoms with Crippen LogP contribution in [0.5, 0.6) is 0 Å². The van der Waals surface area contributed by atoms with Crippen molar-refractivity contribution in [1.82, 2.24) is 4.98 Å². The smallest absolute Gasteiger partial charge is 0.261 e. The Morgan fingerprint density at radius 2 is 1.56 bits per heavy atom. The van der Waals surface area contributed by atoms with Gasteiger partial charge >= 0.3 is 0 Å². The molecule has 0 bridgehead atoms. The van der Waals surface area contributed by atoms with Crippen LogP contribution in [0.1, 0.15) is 5.56 Å². The van der Waals surface area contributed by atoms with E-state index in [9.17, 15) is 8.42 Å². The first kappa shape index (κ1) is 28.3. The number of alkyl halides is 2. The van der Waals surface area contributed by atoms with Gasteiger partial charge in [-0.25, -0.2) is 13.4 Å². The van der Waals surface area contributed by atoms with E-state index in [1.165, 1.54) is 35.6 Å². The molecule has 39 heavy (non-hydrogen) atoms. The first-order valence-electron chi connectivity index (χ1n) is 11.6. The standard InChI is InChI=1S/C26H23Cl2N7O2S2/c27-13-15-35(16-14-28)23-9-7-21(8-10-23)31-34-32-26-30-25(18-38-26)20-3-5-22(6-4-20)33-39(36,37)24-11-1-19(17-29)2-12-24/h1-12,18,33H,13-16H2,(H,30,31,32). The van der Waals surface area contributed by atoms with E-state index in [2.05, 4.69) is 30.4 Å². The van der Waals surface area contributed by atoms with Gasteiger partial charge in [0.05, 0.1) is 27.9 Å². The fourth-order valence-corrected chi connectivity index (χ4v) is 5.63. The van der Waals surface area contributed by atoms with Crippen LogP contribution >= 0.6 is 34.5 Å². The van der Waals surface area contributed by atoms with Gasteiger partial charge in [-0.3, -0.25) is 10.1 Å². The SMILES string of the molecule is N#Cc1ccc(S(=O)(=O)Nc2ccc(-c3csc(N=NNc4ccc(N(CCCl)CCCl)cc4)n3)cc2)cc1. The third-order valence-corrected chi connectivity index (χ3v) is 7.93. The summed E-state index contributed by atoms with van der Waals surface area (Å²) in [6.07, 6.45) is 0. The molecule has 0 fully saturated rings. The van der Waals surface area contributed by atoms with Crippen LogP contribution in [0.25, 0.3) is 11.3 Å². The summed E-state index contributed by atoms with van der Waals surface area (Å²) in [6, 6.07) is 22.2. The molecule has 3 aromatic carbocycles. The Hall–Kier alpha value is -3.69. The van der Waals surface area contributed by atoms with E-state index in [1.54, 1.807) is 24.3 Å². The molecule has 200 valence electrons. The summed E-state index contributed by atoms with van der Waals surface area (Å²) < 4.78 is 27.8. The maximum Gasteiger partial charge on any atom is 0.261 e. The van der Waals surface area contributed by atoms with E-state index in [1.807, 2.05) is 35.7 Å². The predicted molar refractivity (Wildman–Crippen MR) is 158 cm³/mol. The highest BCUT2D eigenvalue weighted by molar-refractivity contribution is 7.92. The van der Waals surface area contributed by atoms with Gasteiger partial charge in [0.2, 0.25) is 5.13 Å². The number of hydrogen-bond acceptors (Lipinski definition) is 8. The Kier molecular flexibility index (Phi) is 9.73. The summed E-state index contributed by atoms with van der Waals surface area (Å²) >= 11 is 13.1. The maximum absolute atomic E-state index is 12.6. The van der Waals surface area contributed by atoms with Crippen LogP contribution in [0.4, 0.5) is 22.2 Å². The van der Waals surface area contributed by atoms with Gasteiger partial charge in [0.25, 0.3) is 10.0 Å². The molecule has 4 aromatic rings. The fourth-order valence-electron chi connectivity index (χ4n) is 3.52. The fraction of sp³-hybridized carbons (Fsp3) is 0.154. The van der Waals surface area contributed by atoms with E-state index in [-0.39, 0.29) is 4.90 Å². The van der Waals surface area contributed by atoms with Gasteiger partial charge in [0.1, 0.15) is 0 Å². The number of nitrogens with one attached hydrogen (secondary N) is 2. The normalized spacial score (nSPS) is 11.3. The van der Waals surface area contributed by atoms with Gasteiger partial charge in [-0.2, -0.15) is 5.26 Å². The van der Waals surface area contributed by atoms with Gasteiger partial charge < -0.3 is 4.90 Å². The molecular weight excluding hydrogens is 577 g/mol. The summed E-state index contributed by atoms with van der Waals surface area (Å²) in [5.74, 6) is 1.04. The average molecular weight is 601 g/mol. The molecular formula is C26H23Cl2N7O2S2. The third kappa shape index (κ3) is 7.68. The molecule has 0 saturated heterocycles. The largest absolute Gasteiger partial charge is 0.369 e. The lowest BCUT2D eigenvalue weighted by atomic mass is 10.1. The van der Waals surface area contributed by atoms with Gasteiger partial charge in [-0.05, 0) is 60.7 Å². The predicted octanol–water partition coefficient (Wildman–Crippen LogP) is 6.88. The number of sulfonamides is 1. The van der Waals surface area contributed by atoms with Gasteiger partial charge in [-0.1, -0.05) is 17.4 Å². The van der Waals surface area contributed by atoms with E-state index in [0.717, 1.165) is 16.9 Å². The minimum absolute atomic E-state index is 0.0734. The maximum atomic E-state index is 12.6. The molecule has 0 aliphatic heterocycles. The van der Waals surface area contributed by atoms with Crippen molar-refractivity contribution >= 4 is 66.8 Å². The summed E-state index contributed by atoms with van der Waals surface area (Å²) in [7, 11) is -3.78. The number of nitrogens with zero attached hydrogens (tertiary/aromatic N) is 5. The summed E-state index contributed by atoms with van der Waals surface area (Å²) in [5, 5.41) is 19.4. The number of anilines is 3. The topological polar surface area (TPSA) is 123 Å². The van der Waals surface area contributed by atoms with Crippen LogP contribution in [0.15, 0.2) is 93.4 Å². The monoisotopic (exact) mass is 599 g/mol. The highest BCUT2D eigenvalue weighted by Crippen LogP contribution is 2.28. The Labute approximate surface area is 240 Å². The number of hydrogen-bond donors (Lipinski definition) is 2. The molecule has 0 radical (unpaired) electrons. The van der Waals surface area contributed by atoms with Crippen LogP contribution < -0.4 is 15.0 Å². The molecule has 2 N–H and O–H groups in total. The van der Waals surface area contributed by atoms with Crippen LogP contribution in [-0.2, 0) is 10.0 Å². The molecule has 0 amide bonds. The van der Waals surface area contributed by atoms with Crippen LogP contribution in [-0.4, -0.2) is 38.3 Å². The van der Waals surface area contributed by atoms with Crippen molar-refractivity contribution < 1.29 is 8.42 Å². The molecule has 0 aliphatic carbocycles. The number of halogens is 2. The zero-order chi connectivity index (χ0) is 27.7. The molecule has 1 aromatic heterocycles. The molecule has 0 atom stereocenters. The summed E-state index contributed by atoms with van der Waals surface area (Å²) in [4.78, 5) is 6.66. The lowest BCUT2D eigenvalue weighted by molar-refractivity contribution is 0.601. The van der Waals surface area contributed by atoms with Crippen molar-refractivity contribution in [2.45, 2.75) is 4.90 Å². The van der Waals surface area contributed by atoms with E-state index < -0.39 is 10.0 Å². The second-order valence-corrected chi connectivity index (χ2v) is 11.3. The average Bonchev–Trinajstić information content (AvgIpc) is 3.42. The van der Waals surface area contributed by atoms with Crippen molar-refractivity contribution in [3.8, 4) is 17.3 Å². The molecule has 0 aliphatic rings. The second kappa shape index (κ2) is 13.4. The van der Waals surface area contributed by atoms with Crippen LogP contribution in [0.3, 0.4) is 0 Å². The number of thiazole rings is 1. The van der Waals surface area contributed by atoms with Gasteiger partial charge in [-0.15, -0.1) is 39.7 Å². The summed E-state index contributed by atoms with van der Waals surface area (Å²) in [5.41, 5.74) is 6.98. The zero-order valence-corrected chi connectivity index (χ0v) is 23.6. The van der Waals surface area contributed by atoms with Crippen molar-refractivity contribution in [3.05, 3.63) is 83.7 Å². The Bertz CT molecular complexity index is 1550. The Balaban J connectivity index is 1.35. The lowest BCUT2D eigenvalue weighted by Crippen LogP contribution is -2.27. The number of aromatic nitrogens is 1. The van der Waals surface area contributed by atoms with Gasteiger partial charge in [0, 0.05) is 47.2 Å². The summed E-state index contributed by atoms with van der Waals surface area (Å²) in [6.45, 7) is 1.42.